The summed E-state index contributed by atoms with van der Waals surface area (Å²) in [6.07, 6.45) is 0. The van der Waals surface area contributed by atoms with Crippen molar-refractivity contribution in [3.05, 3.63) is 41.4 Å². The summed E-state index contributed by atoms with van der Waals surface area (Å²) >= 11 is 5.93. The van der Waals surface area contributed by atoms with Gasteiger partial charge in [0.05, 0.1) is 17.1 Å². The van der Waals surface area contributed by atoms with Gasteiger partial charge in [-0.15, -0.1) is 0 Å². The van der Waals surface area contributed by atoms with Crippen molar-refractivity contribution >= 4 is 22.6 Å². The highest BCUT2D eigenvalue weighted by atomic mass is 35.5. The summed E-state index contributed by atoms with van der Waals surface area (Å²) in [7, 11) is 0. The van der Waals surface area contributed by atoms with E-state index in [1.54, 1.807) is 12.1 Å². The molecule has 1 aromatic heterocycles. The van der Waals surface area contributed by atoms with E-state index in [9.17, 15) is 0 Å². The van der Waals surface area contributed by atoms with Crippen LogP contribution in [0, 0.1) is 11.3 Å². The van der Waals surface area contributed by atoms with E-state index in [1.807, 2.05) is 28.8 Å². The van der Waals surface area contributed by atoms with Gasteiger partial charge in [-0.2, -0.15) is 5.26 Å². The molecule has 1 aliphatic rings. The molecule has 2 heterocycles. The second-order valence-electron chi connectivity index (χ2n) is 4.88. The molecule has 6 heteroatoms. The third-order valence-electron chi connectivity index (χ3n) is 3.57. The van der Waals surface area contributed by atoms with Crippen molar-refractivity contribution in [1.82, 2.24) is 9.55 Å². The zero-order valence-corrected chi connectivity index (χ0v) is 12.2. The molecule has 0 saturated carbocycles. The number of hydrogen-bond acceptors (Lipinski definition) is 4. The van der Waals surface area contributed by atoms with Crippen molar-refractivity contribution < 1.29 is 9.47 Å². The smallest absolute Gasteiger partial charge is 0.231 e. The lowest BCUT2D eigenvalue weighted by Gasteiger charge is -2.05. The lowest BCUT2D eigenvalue weighted by atomic mass is 10.2. The molecule has 0 fully saturated rings. The average molecular weight is 312 g/mol. The predicted octanol–water partition coefficient (Wildman–Crippen LogP) is 3.61. The van der Waals surface area contributed by atoms with Gasteiger partial charge in [0, 0.05) is 22.7 Å². The summed E-state index contributed by atoms with van der Waals surface area (Å²) in [6.45, 7) is 0.415. The monoisotopic (exact) mass is 311 g/mol. The molecule has 0 atom stereocenters. The molecule has 3 aromatic rings. The van der Waals surface area contributed by atoms with Gasteiger partial charge in [0.2, 0.25) is 6.79 Å². The highest BCUT2D eigenvalue weighted by Crippen LogP contribution is 2.37. The summed E-state index contributed by atoms with van der Waals surface area (Å²) in [5, 5.41) is 9.79. The molecule has 0 amide bonds. The SMILES string of the molecule is N#CCn1c(-c2ccc(Cl)cc2)nc2cc3c(cc21)OCO3. The summed E-state index contributed by atoms with van der Waals surface area (Å²) in [4.78, 5) is 4.64. The molecule has 5 nitrogen and oxygen atoms in total. The lowest BCUT2D eigenvalue weighted by Crippen LogP contribution is -1.98. The first-order chi connectivity index (χ1) is 10.8. The van der Waals surface area contributed by atoms with E-state index in [0.717, 1.165) is 22.4 Å². The number of fused-ring (bicyclic) bond motifs is 2. The second-order valence-corrected chi connectivity index (χ2v) is 5.32. The number of imidazole rings is 1. The normalized spacial score (nSPS) is 12.5. The van der Waals surface area contributed by atoms with Gasteiger partial charge in [-0.25, -0.2) is 4.98 Å². The standard InChI is InChI=1S/C16H10ClN3O2/c17-11-3-1-10(2-4-11)16-19-12-7-14-15(22-9-21-14)8-13(12)20(16)6-5-18/h1-4,7-8H,6,9H2. The Bertz CT molecular complexity index is 910. The number of nitriles is 1. The molecule has 0 unspecified atom stereocenters. The molecular formula is C16H10ClN3O2. The fourth-order valence-electron chi connectivity index (χ4n) is 2.56. The van der Waals surface area contributed by atoms with E-state index in [-0.39, 0.29) is 13.3 Å². The number of aromatic nitrogens is 2. The summed E-state index contributed by atoms with van der Waals surface area (Å²) in [5.74, 6) is 2.07. The van der Waals surface area contributed by atoms with Crippen LogP contribution in [0.4, 0.5) is 0 Å². The Morgan fingerprint density at radius 3 is 2.64 bits per heavy atom. The Balaban J connectivity index is 1.96. The third-order valence-corrected chi connectivity index (χ3v) is 3.83. The van der Waals surface area contributed by atoms with Crippen LogP contribution in [-0.4, -0.2) is 16.3 Å². The Morgan fingerprint density at radius 2 is 1.91 bits per heavy atom. The van der Waals surface area contributed by atoms with Gasteiger partial charge < -0.3 is 14.0 Å². The van der Waals surface area contributed by atoms with Gasteiger partial charge in [-0.3, -0.25) is 0 Å². The fourth-order valence-corrected chi connectivity index (χ4v) is 2.69. The highest BCUT2D eigenvalue weighted by Gasteiger charge is 2.19. The van der Waals surface area contributed by atoms with Gasteiger partial charge in [0.25, 0.3) is 0 Å². The van der Waals surface area contributed by atoms with Crippen molar-refractivity contribution in [2.45, 2.75) is 6.54 Å². The Hall–Kier alpha value is -2.71. The molecular weight excluding hydrogens is 302 g/mol. The van der Waals surface area contributed by atoms with Gasteiger partial charge in [0.15, 0.2) is 11.5 Å². The maximum Gasteiger partial charge on any atom is 0.231 e. The number of nitrogens with zero attached hydrogens (tertiary/aromatic N) is 3. The number of halogens is 1. The molecule has 0 saturated heterocycles. The first-order valence-corrected chi connectivity index (χ1v) is 7.07. The minimum absolute atomic E-state index is 0.202. The largest absolute Gasteiger partial charge is 0.454 e. The van der Waals surface area contributed by atoms with E-state index in [4.69, 9.17) is 26.3 Å². The van der Waals surface area contributed by atoms with Gasteiger partial charge in [-0.1, -0.05) is 11.6 Å². The maximum absolute atomic E-state index is 9.13. The molecule has 0 radical (unpaired) electrons. The molecule has 22 heavy (non-hydrogen) atoms. The fraction of sp³-hybridized carbons (Fsp3) is 0.125. The van der Waals surface area contributed by atoms with Crippen LogP contribution in [0.25, 0.3) is 22.4 Å². The summed E-state index contributed by atoms with van der Waals surface area (Å²) < 4.78 is 12.7. The number of ether oxygens (including phenoxy) is 2. The second kappa shape index (κ2) is 4.93. The van der Waals surface area contributed by atoms with Crippen LogP contribution in [0.15, 0.2) is 36.4 Å². The van der Waals surface area contributed by atoms with Crippen LogP contribution in [0.2, 0.25) is 5.02 Å². The predicted molar refractivity (Wildman–Crippen MR) is 81.9 cm³/mol. The molecule has 4 rings (SSSR count). The number of hydrogen-bond donors (Lipinski definition) is 0. The van der Waals surface area contributed by atoms with Crippen LogP contribution >= 0.6 is 11.6 Å². The number of benzene rings is 2. The summed E-state index contributed by atoms with van der Waals surface area (Å²) in [5.41, 5.74) is 2.51. The van der Waals surface area contributed by atoms with Gasteiger partial charge >= 0.3 is 0 Å². The van der Waals surface area contributed by atoms with Crippen LogP contribution in [0.3, 0.4) is 0 Å². The molecule has 0 spiro atoms. The molecule has 0 bridgehead atoms. The Morgan fingerprint density at radius 1 is 1.18 bits per heavy atom. The van der Waals surface area contributed by atoms with E-state index in [0.29, 0.717) is 16.5 Å². The zero-order chi connectivity index (χ0) is 15.1. The Labute approximate surface area is 131 Å². The highest BCUT2D eigenvalue weighted by molar-refractivity contribution is 6.30. The topological polar surface area (TPSA) is 60.1 Å². The van der Waals surface area contributed by atoms with E-state index >= 15 is 0 Å². The first-order valence-electron chi connectivity index (χ1n) is 6.69. The summed E-state index contributed by atoms with van der Waals surface area (Å²) in [6, 6.07) is 13.3. The molecule has 1 aliphatic heterocycles. The minimum atomic E-state index is 0.202. The van der Waals surface area contributed by atoms with E-state index in [2.05, 4.69) is 11.1 Å². The third kappa shape index (κ3) is 1.97. The Kier molecular flexibility index (Phi) is 2.91. The van der Waals surface area contributed by atoms with Crippen molar-refractivity contribution in [2.24, 2.45) is 0 Å². The van der Waals surface area contributed by atoms with E-state index < -0.39 is 0 Å². The molecule has 0 N–H and O–H groups in total. The first kappa shape index (κ1) is 13.0. The molecule has 2 aromatic carbocycles. The zero-order valence-electron chi connectivity index (χ0n) is 11.4. The maximum atomic E-state index is 9.13. The van der Waals surface area contributed by atoms with Crippen molar-refractivity contribution in [1.29, 1.82) is 5.26 Å². The minimum Gasteiger partial charge on any atom is -0.454 e. The number of rotatable bonds is 2. The van der Waals surface area contributed by atoms with Crippen molar-refractivity contribution in [3.63, 3.8) is 0 Å². The van der Waals surface area contributed by atoms with Crippen molar-refractivity contribution in [2.75, 3.05) is 6.79 Å². The molecule has 0 aliphatic carbocycles. The van der Waals surface area contributed by atoms with E-state index in [1.165, 1.54) is 0 Å². The van der Waals surface area contributed by atoms with Gasteiger partial charge in [0.1, 0.15) is 12.4 Å². The molecule has 108 valence electrons. The van der Waals surface area contributed by atoms with Crippen LogP contribution in [0.5, 0.6) is 11.5 Å². The van der Waals surface area contributed by atoms with Crippen LogP contribution < -0.4 is 9.47 Å². The average Bonchev–Trinajstić information content (AvgIpc) is 3.11. The van der Waals surface area contributed by atoms with Crippen LogP contribution in [-0.2, 0) is 6.54 Å². The van der Waals surface area contributed by atoms with Crippen molar-refractivity contribution in [3.8, 4) is 29.0 Å². The lowest BCUT2D eigenvalue weighted by molar-refractivity contribution is 0.174. The van der Waals surface area contributed by atoms with Gasteiger partial charge in [-0.05, 0) is 24.3 Å². The van der Waals surface area contributed by atoms with Crippen LogP contribution in [0.1, 0.15) is 0 Å². The quantitative estimate of drug-likeness (QED) is 0.725.